The van der Waals surface area contributed by atoms with Gasteiger partial charge in [0.1, 0.15) is 5.75 Å². The van der Waals surface area contributed by atoms with E-state index < -0.39 is 0 Å². The summed E-state index contributed by atoms with van der Waals surface area (Å²) in [6.45, 7) is 4.00. The van der Waals surface area contributed by atoms with Gasteiger partial charge in [0.25, 0.3) is 0 Å². The fraction of sp³-hybridized carbons (Fsp3) is 0.412. The molecule has 0 radical (unpaired) electrons. The average Bonchev–Trinajstić information content (AvgIpc) is 3.07. The lowest BCUT2D eigenvalue weighted by Gasteiger charge is -2.12. The third-order valence-electron chi connectivity index (χ3n) is 3.35. The smallest absolute Gasteiger partial charge is 0.191 e. The van der Waals surface area contributed by atoms with Gasteiger partial charge in [-0.1, -0.05) is 15.9 Å². The maximum Gasteiger partial charge on any atom is 0.191 e. The largest absolute Gasteiger partial charge is 0.496 e. The number of aromatic nitrogens is 1. The van der Waals surface area contributed by atoms with Gasteiger partial charge in [0.05, 0.1) is 25.9 Å². The molecular formula is C17H25BrIN5OS. The number of nitrogens with zero attached hydrogens (tertiary/aromatic N) is 3. The summed E-state index contributed by atoms with van der Waals surface area (Å²) < 4.78 is 6.41. The van der Waals surface area contributed by atoms with Crippen molar-refractivity contribution in [2.24, 2.45) is 4.99 Å². The Kier molecular flexibility index (Phi) is 10.3. The van der Waals surface area contributed by atoms with Gasteiger partial charge in [-0.3, -0.25) is 0 Å². The zero-order valence-electron chi connectivity index (χ0n) is 15.4. The van der Waals surface area contributed by atoms with E-state index >= 15 is 0 Å². The molecule has 1 heterocycles. The van der Waals surface area contributed by atoms with Gasteiger partial charge in [0, 0.05) is 36.1 Å². The minimum absolute atomic E-state index is 0. The summed E-state index contributed by atoms with van der Waals surface area (Å²) in [4.78, 5) is 11.2. The number of methoxy groups -OCH3 is 1. The van der Waals surface area contributed by atoms with Crippen LogP contribution in [0.15, 0.2) is 33.0 Å². The van der Waals surface area contributed by atoms with Crippen molar-refractivity contribution in [1.82, 2.24) is 15.6 Å². The Morgan fingerprint density at radius 2 is 2.12 bits per heavy atom. The molecular weight excluding hydrogens is 529 g/mol. The van der Waals surface area contributed by atoms with Crippen LogP contribution >= 0.6 is 51.2 Å². The van der Waals surface area contributed by atoms with E-state index in [0.717, 1.165) is 39.1 Å². The van der Waals surface area contributed by atoms with Gasteiger partial charge < -0.3 is 20.3 Å². The van der Waals surface area contributed by atoms with E-state index in [2.05, 4.69) is 41.9 Å². The van der Waals surface area contributed by atoms with Crippen LogP contribution in [0.4, 0.5) is 5.13 Å². The van der Waals surface area contributed by atoms with Crippen molar-refractivity contribution in [2.45, 2.75) is 20.0 Å². The van der Waals surface area contributed by atoms with E-state index in [-0.39, 0.29) is 24.0 Å². The summed E-state index contributed by atoms with van der Waals surface area (Å²) in [5.74, 6) is 1.59. The molecule has 0 spiro atoms. The Balaban J connectivity index is 0.00000338. The van der Waals surface area contributed by atoms with Gasteiger partial charge in [-0.15, -0.1) is 35.3 Å². The summed E-state index contributed by atoms with van der Waals surface area (Å²) in [5, 5.41) is 9.64. The molecule has 1 aromatic heterocycles. The normalized spacial score (nSPS) is 10.9. The highest BCUT2D eigenvalue weighted by Crippen LogP contribution is 2.23. The lowest BCUT2D eigenvalue weighted by Crippen LogP contribution is -2.36. The Labute approximate surface area is 184 Å². The fourth-order valence-electron chi connectivity index (χ4n) is 2.13. The van der Waals surface area contributed by atoms with E-state index in [1.54, 1.807) is 18.4 Å². The number of guanidine groups is 1. The van der Waals surface area contributed by atoms with Gasteiger partial charge in [-0.25, -0.2) is 9.98 Å². The maximum absolute atomic E-state index is 5.40. The minimum atomic E-state index is 0. The Hall–Kier alpha value is -1.07. The number of thiazole rings is 1. The molecule has 144 valence electrons. The first-order valence-corrected chi connectivity index (χ1v) is 9.67. The molecule has 0 aliphatic heterocycles. The molecule has 2 rings (SSSR count). The summed E-state index contributed by atoms with van der Waals surface area (Å²) in [5.41, 5.74) is 2.02. The summed E-state index contributed by atoms with van der Waals surface area (Å²) in [7, 11) is 5.66. The second kappa shape index (κ2) is 11.6. The molecule has 0 saturated heterocycles. The first-order valence-electron chi connectivity index (χ1n) is 7.99. The van der Waals surface area contributed by atoms with Crippen LogP contribution in [0.5, 0.6) is 5.75 Å². The molecule has 0 unspecified atom stereocenters. The first-order chi connectivity index (χ1) is 12.0. The molecule has 0 amide bonds. The predicted octanol–water partition coefficient (Wildman–Crippen LogP) is 3.85. The van der Waals surface area contributed by atoms with E-state index in [4.69, 9.17) is 4.74 Å². The van der Waals surface area contributed by atoms with E-state index in [1.807, 2.05) is 44.1 Å². The van der Waals surface area contributed by atoms with Crippen molar-refractivity contribution in [3.8, 4) is 5.75 Å². The Bertz CT molecular complexity index is 723. The zero-order chi connectivity index (χ0) is 18.2. The maximum atomic E-state index is 5.40. The minimum Gasteiger partial charge on any atom is -0.496 e. The van der Waals surface area contributed by atoms with Crippen LogP contribution in [0.3, 0.4) is 0 Å². The lowest BCUT2D eigenvalue weighted by molar-refractivity contribution is 0.409. The number of aliphatic imine (C=N–C) groups is 1. The van der Waals surface area contributed by atoms with Crippen LogP contribution in [0.1, 0.15) is 18.2 Å². The molecule has 2 N–H and O–H groups in total. The third kappa shape index (κ3) is 6.92. The summed E-state index contributed by atoms with van der Waals surface area (Å²) in [6.07, 6.45) is 0. The third-order valence-corrected chi connectivity index (χ3v) is 4.90. The van der Waals surface area contributed by atoms with Crippen molar-refractivity contribution >= 4 is 62.3 Å². The molecule has 0 fully saturated rings. The van der Waals surface area contributed by atoms with Gasteiger partial charge in [0.15, 0.2) is 11.1 Å². The van der Waals surface area contributed by atoms with Crippen LogP contribution in [0.25, 0.3) is 0 Å². The highest BCUT2D eigenvalue weighted by Gasteiger charge is 2.06. The molecule has 0 atom stereocenters. The second-order valence-corrected chi connectivity index (χ2v) is 7.27. The Morgan fingerprint density at radius 1 is 1.35 bits per heavy atom. The van der Waals surface area contributed by atoms with Crippen molar-refractivity contribution in [1.29, 1.82) is 0 Å². The van der Waals surface area contributed by atoms with Crippen molar-refractivity contribution in [2.75, 3.05) is 32.6 Å². The number of benzene rings is 1. The quantitative estimate of drug-likeness (QED) is 0.310. The van der Waals surface area contributed by atoms with Crippen molar-refractivity contribution < 1.29 is 4.74 Å². The van der Waals surface area contributed by atoms with E-state index in [9.17, 15) is 0 Å². The Morgan fingerprint density at radius 3 is 2.73 bits per heavy atom. The fourth-order valence-corrected chi connectivity index (χ4v) is 3.30. The average molecular weight is 554 g/mol. The van der Waals surface area contributed by atoms with Crippen LogP contribution in [0, 0.1) is 0 Å². The molecule has 0 aliphatic carbocycles. The standard InChI is InChI=1S/C17H24BrN5OS.HI/c1-5-19-16(21-10-14-11-25-17(22-14)23(2)3)20-9-12-8-13(18)6-7-15(12)24-4;/h6-8,11H,5,9-10H2,1-4H3,(H2,19,20,21);1H. The summed E-state index contributed by atoms with van der Waals surface area (Å²) in [6, 6.07) is 5.92. The molecule has 0 aliphatic rings. The predicted molar refractivity (Wildman–Crippen MR) is 124 cm³/mol. The molecule has 6 nitrogen and oxygen atoms in total. The highest BCUT2D eigenvalue weighted by atomic mass is 127. The zero-order valence-corrected chi connectivity index (χ0v) is 20.1. The molecule has 2 aromatic rings. The number of anilines is 1. The molecule has 0 saturated carbocycles. The monoisotopic (exact) mass is 553 g/mol. The van der Waals surface area contributed by atoms with Crippen LogP contribution in [-0.2, 0) is 13.1 Å². The number of hydrogen-bond donors (Lipinski definition) is 2. The SMILES string of the molecule is CCNC(=NCc1cc(Br)ccc1OC)NCc1csc(N(C)C)n1.I. The van der Waals surface area contributed by atoms with Gasteiger partial charge in [0.2, 0.25) is 0 Å². The number of halogens is 2. The van der Waals surface area contributed by atoms with Crippen molar-refractivity contribution in [3.63, 3.8) is 0 Å². The number of rotatable bonds is 7. The molecule has 0 bridgehead atoms. The number of ether oxygens (including phenoxy) is 1. The lowest BCUT2D eigenvalue weighted by atomic mass is 10.2. The van der Waals surface area contributed by atoms with Crippen molar-refractivity contribution in [3.05, 3.63) is 39.3 Å². The van der Waals surface area contributed by atoms with Crippen LogP contribution in [-0.4, -0.2) is 38.7 Å². The summed E-state index contributed by atoms with van der Waals surface area (Å²) >= 11 is 5.12. The molecule has 9 heteroatoms. The number of hydrogen-bond acceptors (Lipinski definition) is 5. The molecule has 26 heavy (non-hydrogen) atoms. The van der Waals surface area contributed by atoms with Gasteiger partial charge in [-0.2, -0.15) is 0 Å². The van der Waals surface area contributed by atoms with E-state index in [0.29, 0.717) is 13.1 Å². The van der Waals surface area contributed by atoms with Crippen LogP contribution in [0.2, 0.25) is 0 Å². The van der Waals surface area contributed by atoms with Gasteiger partial charge in [-0.05, 0) is 25.1 Å². The van der Waals surface area contributed by atoms with Gasteiger partial charge >= 0.3 is 0 Å². The highest BCUT2D eigenvalue weighted by molar-refractivity contribution is 14.0. The first kappa shape index (κ1) is 23.0. The number of nitrogens with one attached hydrogen (secondary N) is 2. The topological polar surface area (TPSA) is 61.8 Å². The van der Waals surface area contributed by atoms with E-state index in [1.165, 1.54) is 0 Å². The molecule has 1 aromatic carbocycles. The second-order valence-electron chi connectivity index (χ2n) is 5.52. The van der Waals surface area contributed by atoms with Crippen LogP contribution < -0.4 is 20.3 Å².